The molecule has 14 nitrogen and oxygen atoms in total. The van der Waals surface area contributed by atoms with Gasteiger partial charge in [-0.15, -0.1) is 0 Å². The highest BCUT2D eigenvalue weighted by atomic mass is 31.2. The van der Waals surface area contributed by atoms with Crippen LogP contribution in [0.15, 0.2) is 65.1 Å². The molecule has 1 aliphatic heterocycles. The third-order valence-electron chi connectivity index (χ3n) is 5.93. The average Bonchev–Trinajstić information content (AvgIpc) is 3.53. The molecule has 4 rings (SSSR count). The van der Waals surface area contributed by atoms with Crippen molar-refractivity contribution >= 4 is 36.6 Å². The molecule has 0 bridgehead atoms. The van der Waals surface area contributed by atoms with Gasteiger partial charge >= 0.3 is 23.9 Å². The van der Waals surface area contributed by atoms with E-state index in [0.717, 1.165) is 17.7 Å². The summed E-state index contributed by atoms with van der Waals surface area (Å²) in [6.45, 7) is -1.76. The Kier molecular flexibility index (Phi) is 12.7. The molecular formula is C29H31O14P. The SMILES string of the molecule is O=C(CC(CP1(=O)Oc2ccccc2-c2ccccc21)C(=O)OCCOC(=O)c1ccc(C(=O)O)o1)OCCO.OCCO. The lowest BCUT2D eigenvalue weighted by atomic mass is 10.0. The number of aliphatic hydroxyl groups is 3. The second-order valence-electron chi connectivity index (χ2n) is 9.03. The van der Waals surface area contributed by atoms with Crippen molar-refractivity contribution in [3.05, 3.63) is 72.2 Å². The van der Waals surface area contributed by atoms with Crippen LogP contribution in [0.2, 0.25) is 0 Å². The standard InChI is InChI=1S/C27H25O12P.C2H6O2/c28-11-12-35-24(29)15-17(26(32)36-13-14-37-27(33)22-10-9-21(38-22)25(30)31)16-40(34)23-8-4-2-6-19(23)18-5-1-3-7-20(18)39-40;3-1-2-4/h1-10,17,28H,11-16H2,(H,30,31);3-4H,1-2H2. The molecule has 2 atom stereocenters. The zero-order valence-corrected chi connectivity index (χ0v) is 24.2. The predicted molar refractivity (Wildman–Crippen MR) is 152 cm³/mol. The minimum absolute atomic E-state index is 0.125. The van der Waals surface area contributed by atoms with Crippen LogP contribution in [0.3, 0.4) is 0 Å². The van der Waals surface area contributed by atoms with E-state index in [1.165, 1.54) is 0 Å². The van der Waals surface area contributed by atoms with Gasteiger partial charge in [0.2, 0.25) is 11.5 Å². The number of carboxylic acids is 1. The van der Waals surface area contributed by atoms with E-state index in [9.17, 15) is 23.7 Å². The number of aliphatic hydroxyl groups excluding tert-OH is 3. The van der Waals surface area contributed by atoms with Gasteiger partial charge in [-0.05, 0) is 29.8 Å². The lowest BCUT2D eigenvalue weighted by Crippen LogP contribution is -2.30. The fraction of sp³-hybridized carbons (Fsp3) is 0.310. The molecule has 0 saturated carbocycles. The Morgan fingerprint density at radius 3 is 2.05 bits per heavy atom. The monoisotopic (exact) mass is 634 g/mol. The van der Waals surface area contributed by atoms with Crippen molar-refractivity contribution < 1.29 is 67.3 Å². The van der Waals surface area contributed by atoms with Crippen LogP contribution in [0.5, 0.6) is 5.75 Å². The summed E-state index contributed by atoms with van der Waals surface area (Å²) in [6, 6.07) is 16.2. The molecule has 2 heterocycles. The topological polar surface area (TPSA) is 216 Å². The number of ether oxygens (including phenoxy) is 3. The van der Waals surface area contributed by atoms with E-state index in [1.807, 2.05) is 12.1 Å². The maximum absolute atomic E-state index is 14.2. The highest BCUT2D eigenvalue weighted by Crippen LogP contribution is 2.55. The van der Waals surface area contributed by atoms with Gasteiger partial charge in [0.05, 0.1) is 43.6 Å². The molecule has 1 aliphatic rings. The van der Waals surface area contributed by atoms with Crippen LogP contribution < -0.4 is 9.83 Å². The molecule has 0 aliphatic carbocycles. The Morgan fingerprint density at radius 1 is 0.750 bits per heavy atom. The number of rotatable bonds is 13. The van der Waals surface area contributed by atoms with Crippen LogP contribution in [-0.4, -0.2) is 90.1 Å². The average molecular weight is 635 g/mol. The molecule has 0 fully saturated rings. The van der Waals surface area contributed by atoms with E-state index < -0.39 is 69.2 Å². The van der Waals surface area contributed by atoms with Crippen molar-refractivity contribution in [1.29, 1.82) is 0 Å². The molecule has 0 saturated heterocycles. The van der Waals surface area contributed by atoms with Crippen LogP contribution in [0.1, 0.15) is 27.5 Å². The number of hydrogen-bond acceptors (Lipinski definition) is 13. The summed E-state index contributed by atoms with van der Waals surface area (Å²) in [4.78, 5) is 48.3. The molecule has 236 valence electrons. The summed E-state index contributed by atoms with van der Waals surface area (Å²) in [6.07, 6.45) is -0.879. The molecule has 1 aromatic heterocycles. The van der Waals surface area contributed by atoms with Crippen LogP contribution in [-0.2, 0) is 28.4 Å². The van der Waals surface area contributed by atoms with Gasteiger partial charge in [0.15, 0.2) is 0 Å². The normalized spacial score (nSPS) is 15.2. The summed E-state index contributed by atoms with van der Waals surface area (Å²) in [7, 11) is -3.73. The molecule has 3 aromatic rings. The number of carboxylic acid groups (broad SMARTS) is 1. The summed E-state index contributed by atoms with van der Waals surface area (Å²) in [5.41, 5.74) is 1.42. The molecule has 4 N–H and O–H groups in total. The molecule has 15 heteroatoms. The Morgan fingerprint density at radius 2 is 1.39 bits per heavy atom. The number of aromatic carboxylic acids is 1. The second kappa shape index (κ2) is 16.4. The molecule has 2 unspecified atom stereocenters. The fourth-order valence-corrected chi connectivity index (χ4v) is 6.65. The largest absolute Gasteiger partial charge is 0.475 e. The number of carbonyl (C=O) groups is 4. The zero-order valence-electron chi connectivity index (χ0n) is 23.3. The molecule has 2 aromatic carbocycles. The Balaban J connectivity index is 0.00000124. The smallest absolute Gasteiger partial charge is 0.374 e. The van der Waals surface area contributed by atoms with Crippen LogP contribution in [0.25, 0.3) is 11.1 Å². The third kappa shape index (κ3) is 9.01. The lowest BCUT2D eigenvalue weighted by Gasteiger charge is -2.30. The van der Waals surface area contributed by atoms with Crippen molar-refractivity contribution in [3.8, 4) is 16.9 Å². The minimum Gasteiger partial charge on any atom is -0.475 e. The summed E-state index contributed by atoms with van der Waals surface area (Å²) in [5, 5.41) is 33.5. The highest BCUT2D eigenvalue weighted by Gasteiger charge is 2.41. The van der Waals surface area contributed by atoms with Gasteiger partial charge in [-0.1, -0.05) is 36.4 Å². The van der Waals surface area contributed by atoms with E-state index in [0.29, 0.717) is 16.6 Å². The molecule has 0 radical (unpaired) electrons. The highest BCUT2D eigenvalue weighted by molar-refractivity contribution is 7.67. The van der Waals surface area contributed by atoms with Crippen molar-refractivity contribution in [2.45, 2.75) is 6.42 Å². The maximum Gasteiger partial charge on any atom is 0.374 e. The first-order chi connectivity index (χ1) is 21.1. The van der Waals surface area contributed by atoms with E-state index in [1.54, 1.807) is 36.4 Å². The number of esters is 3. The number of para-hydroxylation sites is 1. The van der Waals surface area contributed by atoms with Crippen molar-refractivity contribution in [1.82, 2.24) is 0 Å². The summed E-state index contributed by atoms with van der Waals surface area (Å²) in [5.74, 6) is -5.72. The summed E-state index contributed by atoms with van der Waals surface area (Å²) < 4.78 is 40.1. The van der Waals surface area contributed by atoms with Gasteiger partial charge in [-0.2, -0.15) is 0 Å². The van der Waals surface area contributed by atoms with Gasteiger partial charge < -0.3 is 43.6 Å². The number of hydrogen-bond donors (Lipinski definition) is 4. The van der Waals surface area contributed by atoms with E-state index in [-0.39, 0.29) is 31.7 Å². The first kappa shape index (κ1) is 34.0. The van der Waals surface area contributed by atoms with E-state index in [2.05, 4.69) is 0 Å². The third-order valence-corrected chi connectivity index (χ3v) is 8.47. The van der Waals surface area contributed by atoms with E-state index >= 15 is 0 Å². The van der Waals surface area contributed by atoms with E-state index in [4.69, 9.17) is 43.6 Å². The Bertz CT molecular complexity index is 1490. The van der Waals surface area contributed by atoms with Crippen LogP contribution in [0.4, 0.5) is 0 Å². The zero-order chi connectivity index (χ0) is 32.1. The number of carbonyl (C=O) groups excluding carboxylic acids is 3. The lowest BCUT2D eigenvalue weighted by molar-refractivity contribution is -0.155. The maximum atomic E-state index is 14.2. The van der Waals surface area contributed by atoms with Crippen molar-refractivity contribution in [3.63, 3.8) is 0 Å². The van der Waals surface area contributed by atoms with Gasteiger partial charge in [-0.25, -0.2) is 9.59 Å². The minimum atomic E-state index is -3.73. The summed E-state index contributed by atoms with van der Waals surface area (Å²) >= 11 is 0. The van der Waals surface area contributed by atoms with Gasteiger partial charge in [-0.3, -0.25) is 14.2 Å². The quantitative estimate of drug-likeness (QED) is 0.0914. The van der Waals surface area contributed by atoms with Crippen molar-refractivity contribution in [2.75, 3.05) is 45.8 Å². The Labute approximate surface area is 251 Å². The molecule has 0 spiro atoms. The molecule has 44 heavy (non-hydrogen) atoms. The first-order valence-electron chi connectivity index (χ1n) is 13.3. The Hall–Kier alpha value is -4.49. The van der Waals surface area contributed by atoms with Crippen molar-refractivity contribution in [2.24, 2.45) is 5.92 Å². The number of benzene rings is 2. The fourth-order valence-electron chi connectivity index (χ4n) is 4.07. The number of furan rings is 1. The van der Waals surface area contributed by atoms with Crippen LogP contribution >= 0.6 is 7.37 Å². The predicted octanol–water partition coefficient (Wildman–Crippen LogP) is 1.85. The van der Waals surface area contributed by atoms with Gasteiger partial charge in [0.25, 0.3) is 7.37 Å². The second-order valence-corrected chi connectivity index (χ2v) is 11.4. The number of fused-ring (bicyclic) bond motifs is 3. The van der Waals surface area contributed by atoms with Crippen LogP contribution in [0, 0.1) is 5.92 Å². The molecular weight excluding hydrogens is 603 g/mol. The molecule has 0 amide bonds. The first-order valence-corrected chi connectivity index (χ1v) is 15.1. The van der Waals surface area contributed by atoms with Gasteiger partial charge in [0.1, 0.15) is 25.6 Å². The van der Waals surface area contributed by atoms with Gasteiger partial charge in [0, 0.05) is 5.56 Å².